The summed E-state index contributed by atoms with van der Waals surface area (Å²) in [6, 6.07) is 11.3. The van der Waals surface area contributed by atoms with E-state index in [9.17, 15) is 8.78 Å². The van der Waals surface area contributed by atoms with Crippen molar-refractivity contribution < 1.29 is 8.78 Å². The lowest BCUT2D eigenvalue weighted by Gasteiger charge is -2.03. The van der Waals surface area contributed by atoms with Crippen LogP contribution in [0.1, 0.15) is 5.56 Å². The molecule has 0 N–H and O–H groups in total. The molecule has 0 aliphatic rings. The molecule has 2 aromatic carbocycles. The molecule has 0 bridgehead atoms. The molecular weight excluding hydrogens is 306 g/mol. The summed E-state index contributed by atoms with van der Waals surface area (Å²) >= 11 is 4.66. The molecule has 17 heavy (non-hydrogen) atoms. The molecule has 0 saturated heterocycles. The van der Waals surface area contributed by atoms with Gasteiger partial charge < -0.3 is 0 Å². The van der Waals surface area contributed by atoms with Gasteiger partial charge in [-0.15, -0.1) is 11.8 Å². The number of hydrogen-bond donors (Lipinski definition) is 0. The molecule has 88 valence electrons. The van der Waals surface area contributed by atoms with Gasteiger partial charge in [-0.25, -0.2) is 8.78 Å². The Morgan fingerprint density at radius 3 is 2.35 bits per heavy atom. The quantitative estimate of drug-likeness (QED) is 0.717. The van der Waals surface area contributed by atoms with Gasteiger partial charge in [0.1, 0.15) is 11.6 Å². The number of benzene rings is 2. The van der Waals surface area contributed by atoms with Crippen molar-refractivity contribution >= 4 is 27.7 Å². The Bertz CT molecular complexity index is 511. The van der Waals surface area contributed by atoms with E-state index in [1.807, 2.05) is 6.07 Å². The molecule has 0 fully saturated rings. The van der Waals surface area contributed by atoms with Gasteiger partial charge in [-0.2, -0.15) is 0 Å². The average molecular weight is 315 g/mol. The zero-order chi connectivity index (χ0) is 12.3. The normalized spacial score (nSPS) is 10.5. The van der Waals surface area contributed by atoms with Crippen LogP contribution in [0.4, 0.5) is 8.78 Å². The van der Waals surface area contributed by atoms with E-state index < -0.39 is 0 Å². The summed E-state index contributed by atoms with van der Waals surface area (Å²) in [6.07, 6.45) is 0. The number of rotatable bonds is 3. The topological polar surface area (TPSA) is 0 Å². The highest BCUT2D eigenvalue weighted by Gasteiger charge is 2.01. The molecule has 4 heteroatoms. The maximum atomic E-state index is 13.3. The van der Waals surface area contributed by atoms with E-state index >= 15 is 0 Å². The van der Waals surface area contributed by atoms with Gasteiger partial charge in [0.15, 0.2) is 0 Å². The lowest BCUT2D eigenvalue weighted by atomic mass is 10.2. The van der Waals surface area contributed by atoms with E-state index in [0.29, 0.717) is 10.2 Å². The fourth-order valence-electron chi connectivity index (χ4n) is 1.33. The van der Waals surface area contributed by atoms with Crippen molar-refractivity contribution in [1.29, 1.82) is 0 Å². The lowest BCUT2D eigenvalue weighted by molar-refractivity contribution is 0.620. The maximum absolute atomic E-state index is 13.3. The van der Waals surface area contributed by atoms with Crippen LogP contribution >= 0.6 is 27.7 Å². The monoisotopic (exact) mass is 314 g/mol. The SMILES string of the molecule is Fc1ccc(SCc2ccc(Br)c(F)c2)cc1. The molecule has 0 atom stereocenters. The summed E-state index contributed by atoms with van der Waals surface area (Å²) in [5.41, 5.74) is 0.903. The van der Waals surface area contributed by atoms with E-state index in [-0.39, 0.29) is 11.6 Å². The molecule has 0 aliphatic carbocycles. The smallest absolute Gasteiger partial charge is 0.137 e. The second-order valence-electron chi connectivity index (χ2n) is 3.49. The van der Waals surface area contributed by atoms with Crippen molar-refractivity contribution in [3.05, 3.63) is 64.1 Å². The maximum Gasteiger partial charge on any atom is 0.137 e. The highest BCUT2D eigenvalue weighted by molar-refractivity contribution is 9.10. The number of thioether (sulfide) groups is 1. The summed E-state index contributed by atoms with van der Waals surface area (Å²) in [5, 5.41) is 0. The molecule has 2 aromatic rings. The van der Waals surface area contributed by atoms with Gasteiger partial charge in [0, 0.05) is 10.6 Å². The second-order valence-corrected chi connectivity index (χ2v) is 5.39. The average Bonchev–Trinajstić information content (AvgIpc) is 2.33. The Balaban J connectivity index is 2.02. The van der Waals surface area contributed by atoms with E-state index in [4.69, 9.17) is 0 Å². The Hall–Kier alpha value is -0.870. The fourth-order valence-corrected chi connectivity index (χ4v) is 2.41. The van der Waals surface area contributed by atoms with Crippen molar-refractivity contribution in [3.63, 3.8) is 0 Å². The minimum Gasteiger partial charge on any atom is -0.207 e. The van der Waals surface area contributed by atoms with Gasteiger partial charge in [-0.05, 0) is 57.9 Å². The molecule has 0 saturated carbocycles. The predicted octanol–water partition coefficient (Wildman–Crippen LogP) is 5.02. The van der Waals surface area contributed by atoms with Gasteiger partial charge in [-0.1, -0.05) is 6.07 Å². The van der Waals surface area contributed by atoms with Crippen molar-refractivity contribution in [1.82, 2.24) is 0 Å². The van der Waals surface area contributed by atoms with Gasteiger partial charge >= 0.3 is 0 Å². The van der Waals surface area contributed by atoms with Gasteiger partial charge in [0.2, 0.25) is 0 Å². The van der Waals surface area contributed by atoms with E-state index in [2.05, 4.69) is 15.9 Å². The predicted molar refractivity (Wildman–Crippen MR) is 70.1 cm³/mol. The van der Waals surface area contributed by atoms with Crippen LogP contribution in [-0.4, -0.2) is 0 Å². The summed E-state index contributed by atoms with van der Waals surface area (Å²) in [6.45, 7) is 0. The van der Waals surface area contributed by atoms with Crippen molar-refractivity contribution in [2.24, 2.45) is 0 Å². The third-order valence-electron chi connectivity index (χ3n) is 2.20. The van der Waals surface area contributed by atoms with Crippen molar-refractivity contribution in [2.75, 3.05) is 0 Å². The van der Waals surface area contributed by atoms with E-state index in [0.717, 1.165) is 10.5 Å². The van der Waals surface area contributed by atoms with Crippen LogP contribution in [0.2, 0.25) is 0 Å². The summed E-state index contributed by atoms with van der Waals surface area (Å²) in [4.78, 5) is 0.967. The zero-order valence-corrected chi connectivity index (χ0v) is 11.2. The largest absolute Gasteiger partial charge is 0.207 e. The fraction of sp³-hybridized carbons (Fsp3) is 0.0769. The molecule has 0 aliphatic heterocycles. The van der Waals surface area contributed by atoms with Crippen LogP contribution in [-0.2, 0) is 5.75 Å². The molecule has 2 rings (SSSR count). The molecule has 0 aromatic heterocycles. The summed E-state index contributed by atoms with van der Waals surface area (Å²) < 4.78 is 26.4. The van der Waals surface area contributed by atoms with Crippen LogP contribution in [0, 0.1) is 11.6 Å². The Kier molecular flexibility index (Phi) is 4.18. The van der Waals surface area contributed by atoms with E-state index in [1.54, 1.807) is 30.0 Å². The zero-order valence-electron chi connectivity index (χ0n) is 8.79. The minimum absolute atomic E-state index is 0.246. The van der Waals surface area contributed by atoms with Crippen LogP contribution in [0.3, 0.4) is 0 Å². The first kappa shape index (κ1) is 12.6. The summed E-state index contributed by atoms with van der Waals surface area (Å²) in [5.74, 6) is 0.154. The van der Waals surface area contributed by atoms with Crippen LogP contribution in [0.5, 0.6) is 0 Å². The first-order valence-corrected chi connectivity index (χ1v) is 6.75. The molecule has 0 nitrogen and oxygen atoms in total. The highest BCUT2D eigenvalue weighted by Crippen LogP contribution is 2.25. The van der Waals surface area contributed by atoms with Crippen molar-refractivity contribution in [2.45, 2.75) is 10.6 Å². The second kappa shape index (κ2) is 5.65. The van der Waals surface area contributed by atoms with Crippen LogP contribution in [0.15, 0.2) is 51.8 Å². The Morgan fingerprint density at radius 2 is 1.71 bits per heavy atom. The minimum atomic E-state index is -0.262. The lowest BCUT2D eigenvalue weighted by Crippen LogP contribution is -1.84. The molecule has 0 spiro atoms. The summed E-state index contributed by atoms with van der Waals surface area (Å²) in [7, 11) is 0. The molecule has 0 radical (unpaired) electrons. The highest BCUT2D eigenvalue weighted by atomic mass is 79.9. The van der Waals surface area contributed by atoms with Crippen LogP contribution < -0.4 is 0 Å². The first-order valence-electron chi connectivity index (χ1n) is 4.97. The van der Waals surface area contributed by atoms with Gasteiger partial charge in [-0.3, -0.25) is 0 Å². The Morgan fingerprint density at radius 1 is 1.00 bits per heavy atom. The molecule has 0 unspecified atom stereocenters. The van der Waals surface area contributed by atoms with Crippen molar-refractivity contribution in [3.8, 4) is 0 Å². The van der Waals surface area contributed by atoms with E-state index in [1.165, 1.54) is 18.2 Å². The Labute approximate surface area is 111 Å². The molecule has 0 heterocycles. The third kappa shape index (κ3) is 3.54. The number of hydrogen-bond acceptors (Lipinski definition) is 1. The molecular formula is C13H9BrF2S. The van der Waals surface area contributed by atoms with Gasteiger partial charge in [0.25, 0.3) is 0 Å². The van der Waals surface area contributed by atoms with Gasteiger partial charge in [0.05, 0.1) is 4.47 Å². The van der Waals surface area contributed by atoms with Crippen LogP contribution in [0.25, 0.3) is 0 Å². The third-order valence-corrected chi connectivity index (χ3v) is 3.93. The molecule has 0 amide bonds. The standard InChI is InChI=1S/C13H9BrF2S/c14-12-6-1-9(7-13(12)16)8-17-11-4-2-10(15)3-5-11/h1-7H,8H2. The first-order chi connectivity index (χ1) is 8.15. The number of halogens is 3.